The molecule has 14 fully saturated rings. The summed E-state index contributed by atoms with van der Waals surface area (Å²) in [6.45, 7) is 29.9. The average Bonchev–Trinajstić information content (AvgIpc) is 1.48. The number of aliphatic hydroxyl groups is 3. The topological polar surface area (TPSA) is 550 Å². The lowest BCUT2D eigenvalue weighted by Crippen LogP contribution is -2.33. The number of aromatic nitrogens is 20. The Labute approximate surface area is 846 Å². The first-order chi connectivity index (χ1) is 66.0. The van der Waals surface area contributed by atoms with Crippen LogP contribution in [0.25, 0.3) is 55.8 Å². The molecule has 0 amide bonds. The van der Waals surface area contributed by atoms with E-state index in [2.05, 4.69) is 74.8 Å². The molecule has 0 aromatic carbocycles. The minimum absolute atomic E-state index is 0.0315. The number of carbonyl (C=O) groups excluding carboxylic acids is 1. The quantitative estimate of drug-likeness (QED) is 0.0152. The Balaban J connectivity index is 0.000000109. The van der Waals surface area contributed by atoms with Crippen LogP contribution < -0.4 is 11.5 Å². The van der Waals surface area contributed by atoms with Crippen molar-refractivity contribution >= 4 is 189 Å². The van der Waals surface area contributed by atoms with Crippen LogP contribution in [0.4, 0.5) is 11.6 Å². The van der Waals surface area contributed by atoms with Gasteiger partial charge in [-0.2, -0.15) is 34.9 Å². The zero-order chi connectivity index (χ0) is 101. The second-order valence-electron chi connectivity index (χ2n) is 41.4. The van der Waals surface area contributed by atoms with Gasteiger partial charge in [0.15, 0.2) is 78.5 Å². The maximum atomic E-state index is 13.5. The summed E-state index contributed by atoms with van der Waals surface area (Å²) >= 11 is 48.5. The van der Waals surface area contributed by atoms with Gasteiger partial charge in [-0.15, -0.1) is 0 Å². The number of nitrogen functional groups attached to an aromatic ring is 2. The van der Waals surface area contributed by atoms with Gasteiger partial charge in [-0.3, -0.25) is 13.7 Å². The van der Waals surface area contributed by atoms with E-state index in [4.69, 9.17) is 170 Å². The van der Waals surface area contributed by atoms with Gasteiger partial charge in [0.2, 0.25) is 26.4 Å². The molecule has 9 N–H and O–H groups in total. The Bertz CT molecular complexity index is 6740. The van der Waals surface area contributed by atoms with Gasteiger partial charge in [0.25, 0.3) is 0 Å². The van der Waals surface area contributed by atoms with Gasteiger partial charge in [-0.25, -0.2) is 39.9 Å². The van der Waals surface area contributed by atoms with Crippen molar-refractivity contribution in [1.29, 1.82) is 0 Å². The van der Waals surface area contributed by atoms with Gasteiger partial charge in [-0.05, 0) is 230 Å². The molecule has 0 unspecified atom stereocenters. The fraction of sp³-hybridized carbons (Fsp3) is 0.632. The van der Waals surface area contributed by atoms with Crippen molar-refractivity contribution < 1.29 is 99.6 Å². The first kappa shape index (κ1) is 102. The predicted molar refractivity (Wildman–Crippen MR) is 513 cm³/mol. The number of fused-ring (bicyclic) bond motifs is 18. The van der Waals surface area contributed by atoms with Crippen molar-refractivity contribution in [3.8, 4) is 0 Å². The van der Waals surface area contributed by atoms with E-state index in [-0.39, 0.29) is 203 Å². The number of aldehydes is 1. The molecule has 24 rings (SSSR count). The van der Waals surface area contributed by atoms with Gasteiger partial charge in [0.05, 0.1) is 123 Å². The van der Waals surface area contributed by atoms with Crippen LogP contribution in [0.1, 0.15) is 173 Å². The molecule has 54 heteroatoms. The van der Waals surface area contributed by atoms with Crippen LogP contribution in [-0.4, -0.2) is 244 Å². The van der Waals surface area contributed by atoms with E-state index in [1.54, 1.807) is 41.5 Å². The summed E-state index contributed by atoms with van der Waals surface area (Å²) in [5.41, 5.74) is 14.3. The Hall–Kier alpha value is -6.43. The number of carbonyl (C=O) groups is 1. The van der Waals surface area contributed by atoms with Crippen LogP contribution in [0.2, 0.25) is 41.9 Å². The fourth-order valence-corrected chi connectivity index (χ4v) is 29.4. The number of nitrogens with zero attached hydrogens (tertiary/aromatic N) is 20. The minimum Gasteiger partial charge on any atom is -0.396 e. The lowest BCUT2D eigenvalue weighted by molar-refractivity contribution is -0.163. The predicted octanol–water partition coefficient (Wildman–Crippen LogP) is 15.1. The second kappa shape index (κ2) is 35.4. The van der Waals surface area contributed by atoms with Crippen molar-refractivity contribution in [2.24, 2.45) is 56.7 Å². The zero-order valence-electron chi connectivity index (χ0n) is 78.8. The summed E-state index contributed by atoms with van der Waals surface area (Å²) in [5.74, 6) is 1.81. The molecule has 760 valence electrons. The van der Waals surface area contributed by atoms with E-state index in [1.807, 2.05) is 141 Å². The fourth-order valence-electron chi connectivity index (χ4n) is 23.7. The van der Waals surface area contributed by atoms with E-state index < -0.39 is 75.0 Å². The van der Waals surface area contributed by atoms with E-state index >= 15 is 0 Å². The highest BCUT2D eigenvalue weighted by atomic mass is 35.5. The third-order valence-electron chi connectivity index (χ3n) is 29.1. The van der Waals surface area contributed by atoms with E-state index in [9.17, 15) is 33.8 Å². The maximum absolute atomic E-state index is 13.5. The number of hydrogen-bond acceptors (Lipinski definition) is 36. The summed E-state index contributed by atoms with van der Waals surface area (Å²) in [4.78, 5) is 92.7. The van der Waals surface area contributed by atoms with Crippen molar-refractivity contribution in [2.75, 3.05) is 18.1 Å². The molecule has 4 aliphatic heterocycles. The molecule has 10 aromatic rings. The number of anilines is 2. The Kier molecular flexibility index (Phi) is 25.5. The number of imidazole rings is 5. The van der Waals surface area contributed by atoms with Crippen molar-refractivity contribution in [1.82, 2.24) is 97.6 Å². The van der Waals surface area contributed by atoms with Crippen LogP contribution in [0.3, 0.4) is 0 Å². The number of rotatable bonds is 21. The van der Waals surface area contributed by atoms with E-state index in [1.165, 1.54) is 12.4 Å². The maximum Gasteiger partial charge on any atom is 0.354 e. The number of hydrogen-bond donors (Lipinski definition) is 7. The highest BCUT2D eigenvalue weighted by molar-refractivity contribution is 7.57. The first-order valence-electron chi connectivity index (χ1n) is 46.0. The first-order valence-corrected chi connectivity index (χ1v) is 53.9. The van der Waals surface area contributed by atoms with Gasteiger partial charge < -0.3 is 120 Å². The third kappa shape index (κ3) is 17.8. The normalized spacial score (nSPS) is 35.0. The monoisotopic (exact) mass is 2170 g/mol. The summed E-state index contributed by atoms with van der Waals surface area (Å²) in [5, 5.41) is 31.7. The third-order valence-corrected chi connectivity index (χ3v) is 35.1. The highest BCUT2D eigenvalue weighted by Gasteiger charge is 2.80. The number of halogens is 8. The molecule has 0 radical (unpaired) electrons. The van der Waals surface area contributed by atoms with E-state index in [0.717, 1.165) is 37.8 Å². The Morgan fingerprint density at radius 2 is 0.667 bits per heavy atom. The smallest absolute Gasteiger partial charge is 0.354 e. The Morgan fingerprint density at radius 3 is 1.01 bits per heavy atom. The molecular weight excluding hydrogens is 2070 g/mol. The van der Waals surface area contributed by atoms with Gasteiger partial charge in [0, 0.05) is 39.1 Å². The zero-order valence-corrected chi connectivity index (χ0v) is 87.5. The number of ether oxygens (including phenoxy) is 8. The number of nitrogens with two attached hydrogens (primary N) is 2. The summed E-state index contributed by atoms with van der Waals surface area (Å²) < 4.78 is 120. The second-order valence-corrected chi connectivity index (χ2v) is 49.3. The minimum atomic E-state index is -4.36. The van der Waals surface area contributed by atoms with Crippen LogP contribution in [0.5, 0.6) is 0 Å². The van der Waals surface area contributed by atoms with Crippen molar-refractivity contribution in [3.63, 3.8) is 0 Å². The molecule has 4 saturated heterocycles. The lowest BCUT2D eigenvalue weighted by Gasteiger charge is -2.24. The SMILES string of the molecule is CC(C)OP(=O)(/C=C/[C@@]12C[C@@H]1[C@@H](n1cnc3c(Cl)nc(Cl)nc31)[C@@H]1OC(C)(C)O[C@@H]12)OC(C)C.CC(C)OP(=O)(/C=C/[C@@]12C[C@@H]1[C@@H](n1cnc3c(N)nc(Cl)nc31)[C@@H]1OC(C)(C)O[C@@H]12)OC(C)C.CC1(C)O[C@H]2[C@H](n3cnc4c(Cl)nc(Cl)nc43)[C@H]3C[C@@]3(C=O)[C@H]2O1.CC1(C)O[C@H]2[C@H](n3cnc4c(Cl)nc(Cl)nc43)[C@H]3C[C@@]3(CO)[C@H]2O1.Nc1nc(Cl)nc2c1ncn2[C@H]1[C@H](O)[C@H](O)[C@]2(/C=C/P(=O)(O)O)C[C@H]12. The van der Waals surface area contributed by atoms with Crippen molar-refractivity contribution in [3.05, 3.63) is 109 Å². The van der Waals surface area contributed by atoms with Gasteiger partial charge in [0.1, 0.15) is 70.5 Å². The molecule has 14 heterocycles. The molecule has 10 saturated carbocycles. The summed E-state index contributed by atoms with van der Waals surface area (Å²) in [6, 6.07) is -0.958. The molecular formula is C87H105Cl8N22O21P3. The molecule has 14 aliphatic rings. The van der Waals surface area contributed by atoms with Crippen LogP contribution in [0, 0.1) is 56.7 Å². The largest absolute Gasteiger partial charge is 0.396 e. The molecule has 141 heavy (non-hydrogen) atoms. The molecule has 10 aromatic heterocycles. The standard InChI is InChI=1S/C22H29Cl2N4O5P.C22H31ClN5O5P.C15H16Cl2N4O3.C15H14Cl2N4O3.C13H15ClN5O5P/c1-11(2)32-34(29,33-12(3)4)8-7-22-9-13(22)15(16-17(22)31-21(5,6)30-16)28-10-25-14-18(23)26-20(24)27-19(14)28;1-11(2)32-34(29,33-12(3)4)8-7-22-9-13(22)15(16-17(22)31-21(5,6)30-16)28-10-25-14-18(24)26-20(23)27-19(14)28;2*1-14(2)23-9-8(6-3-15(6,4-22)10(9)24-14)21-5-18-7-11(16)19-13(17)20-12(7)21;14-12-17-10(15)6-11(18-12)19(4-16-6)7-5-3-13(5,9(21)8(7)20)1-2-25(22,23)24/h7-8,10-13,15-17H,9H2,1-6H3;7-8,10-13,15-17H,9H2,1-6H3,(H2,24,26,27);5-6,8-10,22H,3-4H2,1-2H3;4-6,8-10H,3H2,1-2H3;1-2,4-5,7-9,20-21H,3H2,(H2,15,17,18)(H2,22,23,24)/b2*8-7+;;;2-1+/t2*13-,15-,16+,17+,22-;2*6-,8-,9+,10+,15+;5-,7-,8+,9+,13-/m11111/s1. The van der Waals surface area contributed by atoms with Gasteiger partial charge >= 0.3 is 22.8 Å². The molecule has 43 nitrogen and oxygen atoms in total. The molecule has 0 spiro atoms. The highest BCUT2D eigenvalue weighted by Crippen LogP contribution is 2.77. The van der Waals surface area contributed by atoms with Crippen LogP contribution in [0.15, 0.2) is 67.3 Å². The average molecular weight is 2170 g/mol. The van der Waals surface area contributed by atoms with E-state index in [0.29, 0.717) is 62.2 Å². The number of aliphatic hydroxyl groups excluding tert-OH is 3. The molecule has 10 aliphatic carbocycles. The Morgan fingerprint density at radius 1 is 0.390 bits per heavy atom. The van der Waals surface area contributed by atoms with Crippen molar-refractivity contribution in [2.45, 2.75) is 282 Å². The van der Waals surface area contributed by atoms with Gasteiger partial charge in [-0.1, -0.05) is 53.0 Å². The molecule has 0 bridgehead atoms. The molecule has 25 atom stereocenters. The van der Waals surface area contributed by atoms with Crippen LogP contribution >= 0.6 is 116 Å². The van der Waals surface area contributed by atoms with Crippen LogP contribution in [-0.2, 0) is 74.5 Å². The lowest BCUT2D eigenvalue weighted by atomic mass is 9.99. The summed E-state index contributed by atoms with van der Waals surface area (Å²) in [6.07, 6.45) is 13.1. The summed E-state index contributed by atoms with van der Waals surface area (Å²) in [7, 11) is -11.3.